The van der Waals surface area contributed by atoms with Crippen molar-refractivity contribution in [3.63, 3.8) is 0 Å². The van der Waals surface area contributed by atoms with Crippen molar-refractivity contribution in [3.8, 4) is 0 Å². The van der Waals surface area contributed by atoms with Crippen molar-refractivity contribution >= 4 is 34.3 Å². The fourth-order valence-electron chi connectivity index (χ4n) is 5.14. The molecule has 4 rings (SSSR count). The highest BCUT2D eigenvalue weighted by atomic mass is 16.5. The number of aromatic nitrogens is 1. The first-order chi connectivity index (χ1) is 18.9. The number of anilines is 1. The molecule has 2 aromatic rings. The number of aliphatic hydroxyl groups is 1. The van der Waals surface area contributed by atoms with Gasteiger partial charge in [0.2, 0.25) is 5.60 Å². The summed E-state index contributed by atoms with van der Waals surface area (Å²) in [6.45, 7) is 3.37. The molecule has 1 unspecified atom stereocenters. The molecule has 1 atom stereocenters. The highest BCUT2D eigenvalue weighted by molar-refractivity contribution is 6.16. The molecule has 214 valence electrons. The summed E-state index contributed by atoms with van der Waals surface area (Å²) in [7, 11) is 1.61. The Labute approximate surface area is 228 Å². The molecule has 11 heteroatoms. The number of H-pyrrole nitrogens is 1. The van der Waals surface area contributed by atoms with E-state index in [-0.39, 0.29) is 18.9 Å². The van der Waals surface area contributed by atoms with Crippen LogP contribution in [-0.2, 0) is 23.8 Å². The Bertz CT molecular complexity index is 1130. The van der Waals surface area contributed by atoms with Crippen LogP contribution in [0.25, 0.3) is 10.9 Å². The van der Waals surface area contributed by atoms with Crippen LogP contribution in [0.15, 0.2) is 24.3 Å². The molecular formula is C28H40N4O7. The molecule has 1 saturated heterocycles. The molecule has 39 heavy (non-hydrogen) atoms. The summed E-state index contributed by atoms with van der Waals surface area (Å²) >= 11 is 0. The lowest BCUT2D eigenvalue weighted by molar-refractivity contribution is -0.149. The average molecular weight is 545 g/mol. The van der Waals surface area contributed by atoms with Crippen molar-refractivity contribution in [1.29, 1.82) is 0 Å². The van der Waals surface area contributed by atoms with E-state index in [1.165, 1.54) is 11.3 Å². The molecule has 2 aliphatic rings. The number of fused-ring (bicyclic) bond motifs is 1. The van der Waals surface area contributed by atoms with E-state index >= 15 is 0 Å². The van der Waals surface area contributed by atoms with Crippen molar-refractivity contribution < 1.29 is 33.7 Å². The minimum atomic E-state index is -2.06. The Morgan fingerprint density at radius 3 is 2.56 bits per heavy atom. The van der Waals surface area contributed by atoms with Gasteiger partial charge < -0.3 is 39.8 Å². The van der Waals surface area contributed by atoms with E-state index in [4.69, 9.17) is 14.2 Å². The van der Waals surface area contributed by atoms with E-state index in [0.717, 1.165) is 36.6 Å². The quantitative estimate of drug-likeness (QED) is 0.210. The van der Waals surface area contributed by atoms with Crippen LogP contribution >= 0.6 is 0 Å². The zero-order valence-corrected chi connectivity index (χ0v) is 22.6. The van der Waals surface area contributed by atoms with Gasteiger partial charge in [-0.1, -0.05) is 19.3 Å². The number of amides is 3. The lowest BCUT2D eigenvalue weighted by Gasteiger charge is -2.25. The van der Waals surface area contributed by atoms with Crippen molar-refractivity contribution in [3.05, 3.63) is 30.0 Å². The predicted molar refractivity (Wildman–Crippen MR) is 146 cm³/mol. The van der Waals surface area contributed by atoms with Crippen molar-refractivity contribution in [2.24, 2.45) is 5.92 Å². The molecule has 11 nitrogen and oxygen atoms in total. The van der Waals surface area contributed by atoms with Crippen LogP contribution in [0.5, 0.6) is 0 Å². The van der Waals surface area contributed by atoms with Crippen LogP contribution in [0.1, 0.15) is 49.0 Å². The van der Waals surface area contributed by atoms with Crippen molar-refractivity contribution in [2.45, 2.75) is 44.1 Å². The monoisotopic (exact) mass is 544 g/mol. The number of nitrogens with one attached hydrogen (secondary N) is 3. The molecule has 2 heterocycles. The number of methoxy groups -OCH3 is 1. The number of hydrogen-bond acceptors (Lipinski definition) is 7. The molecule has 3 amide bonds. The number of carbonyl (C=O) groups excluding carboxylic acids is 3. The normalized spacial score (nSPS) is 20.1. The van der Waals surface area contributed by atoms with E-state index < -0.39 is 17.4 Å². The molecule has 1 saturated carbocycles. The third-order valence-corrected chi connectivity index (χ3v) is 7.44. The first kappa shape index (κ1) is 29.0. The summed E-state index contributed by atoms with van der Waals surface area (Å²) < 4.78 is 15.7. The second kappa shape index (κ2) is 13.9. The third-order valence-electron chi connectivity index (χ3n) is 7.44. The van der Waals surface area contributed by atoms with E-state index in [9.17, 15) is 19.5 Å². The number of benzene rings is 1. The maximum atomic E-state index is 13.1. The van der Waals surface area contributed by atoms with Gasteiger partial charge >= 0.3 is 0 Å². The number of aromatic amines is 1. The molecule has 1 aliphatic heterocycles. The van der Waals surface area contributed by atoms with E-state index in [0.29, 0.717) is 63.4 Å². The Balaban J connectivity index is 1.27. The predicted octanol–water partition coefficient (Wildman–Crippen LogP) is 1.74. The molecule has 0 spiro atoms. The van der Waals surface area contributed by atoms with Gasteiger partial charge in [-0.15, -0.1) is 0 Å². The zero-order valence-electron chi connectivity index (χ0n) is 22.6. The summed E-state index contributed by atoms with van der Waals surface area (Å²) in [5, 5.41) is 17.3. The average Bonchev–Trinajstić information content (AvgIpc) is 3.52. The molecular weight excluding hydrogens is 504 g/mol. The van der Waals surface area contributed by atoms with E-state index in [1.54, 1.807) is 31.4 Å². The maximum absolute atomic E-state index is 13.1. The van der Waals surface area contributed by atoms with Gasteiger partial charge in [-0.05, 0) is 43.0 Å². The van der Waals surface area contributed by atoms with Crippen LogP contribution in [-0.4, -0.2) is 93.2 Å². The first-order valence-electron chi connectivity index (χ1n) is 13.8. The molecule has 1 aromatic heterocycles. The number of nitrogens with zero attached hydrogens (tertiary/aromatic N) is 1. The van der Waals surface area contributed by atoms with Gasteiger partial charge in [-0.25, -0.2) is 0 Å². The van der Waals surface area contributed by atoms with E-state index in [1.807, 2.05) is 0 Å². The Morgan fingerprint density at radius 2 is 1.79 bits per heavy atom. The van der Waals surface area contributed by atoms with Crippen LogP contribution < -0.4 is 15.5 Å². The molecule has 2 fully saturated rings. The van der Waals surface area contributed by atoms with Gasteiger partial charge in [0.25, 0.3) is 17.7 Å². The topological polar surface area (TPSA) is 142 Å². The second-order valence-electron chi connectivity index (χ2n) is 10.2. The molecule has 1 aromatic carbocycles. The number of hydrogen-bond donors (Lipinski definition) is 4. The number of carbonyl (C=O) groups is 3. The molecule has 0 radical (unpaired) electrons. The molecule has 1 aliphatic carbocycles. The van der Waals surface area contributed by atoms with Gasteiger partial charge in [0.15, 0.2) is 0 Å². The highest BCUT2D eigenvalue weighted by Gasteiger charge is 2.51. The van der Waals surface area contributed by atoms with Gasteiger partial charge in [0.1, 0.15) is 5.69 Å². The summed E-state index contributed by atoms with van der Waals surface area (Å²) in [5.41, 5.74) is -0.377. The number of ether oxygens (including phenoxy) is 3. The summed E-state index contributed by atoms with van der Waals surface area (Å²) in [5.74, 6) is -1.11. The maximum Gasteiger partial charge on any atom is 0.268 e. The fraction of sp³-hybridized carbons (Fsp3) is 0.607. The summed E-state index contributed by atoms with van der Waals surface area (Å²) in [6.07, 6.45) is 5.69. The minimum absolute atomic E-state index is 0.0303. The summed E-state index contributed by atoms with van der Waals surface area (Å²) in [6, 6.07) is 7.01. The fourth-order valence-corrected chi connectivity index (χ4v) is 5.14. The Hall–Kier alpha value is -2.99. The van der Waals surface area contributed by atoms with Crippen LogP contribution in [0.4, 0.5) is 5.69 Å². The van der Waals surface area contributed by atoms with Crippen molar-refractivity contribution in [1.82, 2.24) is 15.6 Å². The summed E-state index contributed by atoms with van der Waals surface area (Å²) in [4.78, 5) is 43.0. The molecule has 0 bridgehead atoms. The van der Waals surface area contributed by atoms with Crippen molar-refractivity contribution in [2.75, 3.05) is 64.7 Å². The van der Waals surface area contributed by atoms with Gasteiger partial charge in [0, 0.05) is 49.8 Å². The second-order valence-corrected chi connectivity index (χ2v) is 10.2. The van der Waals surface area contributed by atoms with E-state index in [2.05, 4.69) is 15.6 Å². The first-order valence-corrected chi connectivity index (χ1v) is 13.8. The Morgan fingerprint density at radius 1 is 1.05 bits per heavy atom. The van der Waals surface area contributed by atoms with Gasteiger partial charge in [-0.3, -0.25) is 14.4 Å². The highest BCUT2D eigenvalue weighted by Crippen LogP contribution is 2.31. The Kier molecular flexibility index (Phi) is 10.3. The smallest absolute Gasteiger partial charge is 0.268 e. The standard InChI is InChI=1S/C28H40N4O7/c1-37-13-14-39-16-15-38-12-10-29-25(33)24-18-21-17-22(7-8-23(21)31-24)32-11-9-28(36,27(32)35)26(34)30-19-20-5-3-2-4-6-20/h7-8,17-18,20,31,36H,2-6,9-16,19H2,1H3,(H,29,33)(H,30,34). The van der Waals surface area contributed by atoms with Crippen LogP contribution in [0.3, 0.4) is 0 Å². The lowest BCUT2D eigenvalue weighted by atomic mass is 9.89. The van der Waals surface area contributed by atoms with Gasteiger partial charge in [-0.2, -0.15) is 0 Å². The lowest BCUT2D eigenvalue weighted by Crippen LogP contribution is -2.53. The molecule has 4 N–H and O–H groups in total. The van der Waals surface area contributed by atoms with Gasteiger partial charge in [0.05, 0.1) is 33.0 Å². The zero-order chi connectivity index (χ0) is 27.7. The minimum Gasteiger partial charge on any atom is -0.382 e. The SMILES string of the molecule is COCCOCCOCCNC(=O)c1cc2cc(N3CCC(O)(C(=O)NCC4CCCCC4)C3=O)ccc2[nH]1. The van der Waals surface area contributed by atoms with Crippen LogP contribution in [0, 0.1) is 5.92 Å². The van der Waals surface area contributed by atoms with Crippen LogP contribution in [0.2, 0.25) is 0 Å². The largest absolute Gasteiger partial charge is 0.382 e. The number of rotatable bonds is 14. The third kappa shape index (κ3) is 7.36.